The zero-order valence-electron chi connectivity index (χ0n) is 21.5. The topological polar surface area (TPSA) is 13.1 Å². The van der Waals surface area contributed by atoms with E-state index in [0.29, 0.717) is 0 Å². The first-order valence-corrected chi connectivity index (χ1v) is 14.5. The highest BCUT2D eigenvalue weighted by molar-refractivity contribution is 7.17. The molecule has 0 N–H and O–H groups in total. The molecule has 0 aliphatic heterocycles. The summed E-state index contributed by atoms with van der Waals surface area (Å²) in [4.78, 5) is 0. The molecule has 0 amide bonds. The molecular weight excluding hydrogens is 504 g/mol. The lowest BCUT2D eigenvalue weighted by atomic mass is 9.85. The molecule has 0 atom stereocenters. The van der Waals surface area contributed by atoms with E-state index in [4.69, 9.17) is 4.42 Å². The van der Waals surface area contributed by atoms with Gasteiger partial charge in [-0.25, -0.2) is 0 Å². The lowest BCUT2D eigenvalue weighted by molar-refractivity contribution is 0.669. The molecule has 2 heterocycles. The number of benzene rings is 7. The van der Waals surface area contributed by atoms with Crippen molar-refractivity contribution in [1.82, 2.24) is 0 Å². The third kappa shape index (κ3) is 3.14. The average molecular weight is 527 g/mol. The lowest BCUT2D eigenvalue weighted by Gasteiger charge is -2.18. The van der Waals surface area contributed by atoms with Crippen molar-refractivity contribution in [2.75, 3.05) is 0 Å². The van der Waals surface area contributed by atoms with E-state index in [0.717, 1.165) is 16.6 Å². The van der Waals surface area contributed by atoms with E-state index in [2.05, 4.69) is 133 Å². The normalized spacial score (nSPS) is 12.0. The van der Waals surface area contributed by atoms with Gasteiger partial charge in [-0.05, 0) is 102 Å². The smallest absolute Gasteiger partial charge is 0.136 e. The fourth-order valence-corrected chi connectivity index (χ4v) is 7.28. The van der Waals surface area contributed by atoms with Crippen molar-refractivity contribution < 1.29 is 4.42 Å². The first-order valence-electron chi connectivity index (χ1n) is 13.6. The Morgan fingerprint density at radius 2 is 1.00 bits per heavy atom. The van der Waals surface area contributed by atoms with Crippen molar-refractivity contribution in [3.63, 3.8) is 0 Å². The summed E-state index contributed by atoms with van der Waals surface area (Å²) in [7, 11) is 0. The van der Waals surface area contributed by atoms with E-state index in [1.807, 2.05) is 0 Å². The summed E-state index contributed by atoms with van der Waals surface area (Å²) in [5.41, 5.74) is 6.82. The molecule has 9 aromatic rings. The number of fused-ring (bicyclic) bond motifs is 7. The van der Waals surface area contributed by atoms with Gasteiger partial charge in [0.1, 0.15) is 11.2 Å². The Morgan fingerprint density at radius 1 is 0.400 bits per heavy atom. The number of thiophene rings is 1. The highest BCUT2D eigenvalue weighted by atomic mass is 32.1. The summed E-state index contributed by atoms with van der Waals surface area (Å²) in [6.07, 6.45) is 0. The van der Waals surface area contributed by atoms with E-state index >= 15 is 0 Å². The lowest BCUT2D eigenvalue weighted by Crippen LogP contribution is -1.91. The minimum absolute atomic E-state index is 0.928. The molecule has 0 bridgehead atoms. The van der Waals surface area contributed by atoms with Crippen LogP contribution < -0.4 is 0 Å². The van der Waals surface area contributed by atoms with Gasteiger partial charge in [-0.1, -0.05) is 91.0 Å². The van der Waals surface area contributed by atoms with Gasteiger partial charge in [0.2, 0.25) is 0 Å². The quantitative estimate of drug-likeness (QED) is 0.204. The van der Waals surface area contributed by atoms with Gasteiger partial charge in [0.25, 0.3) is 0 Å². The molecule has 0 aliphatic rings. The number of hydrogen-bond donors (Lipinski definition) is 0. The summed E-state index contributed by atoms with van der Waals surface area (Å²) in [5.74, 6) is 0. The highest BCUT2D eigenvalue weighted by Crippen LogP contribution is 2.45. The Hall–Kier alpha value is -4.92. The maximum atomic E-state index is 6.46. The second kappa shape index (κ2) is 8.29. The third-order valence-corrected chi connectivity index (χ3v) is 9.18. The van der Waals surface area contributed by atoms with Crippen LogP contribution in [-0.2, 0) is 0 Å². The van der Waals surface area contributed by atoms with Crippen molar-refractivity contribution in [2.24, 2.45) is 0 Å². The molecule has 40 heavy (non-hydrogen) atoms. The van der Waals surface area contributed by atoms with Gasteiger partial charge >= 0.3 is 0 Å². The summed E-state index contributed by atoms with van der Waals surface area (Å²) in [5, 5.41) is 13.3. The van der Waals surface area contributed by atoms with Crippen LogP contribution in [0.2, 0.25) is 0 Å². The van der Waals surface area contributed by atoms with Gasteiger partial charge in [-0.3, -0.25) is 0 Å². The van der Waals surface area contributed by atoms with Crippen LogP contribution in [0, 0.1) is 0 Å². The van der Waals surface area contributed by atoms with Crippen LogP contribution in [0.5, 0.6) is 0 Å². The average Bonchev–Trinajstić information content (AvgIpc) is 3.61. The molecular formula is C38H22OS. The highest BCUT2D eigenvalue weighted by Gasteiger charge is 2.18. The molecule has 7 aromatic carbocycles. The first-order chi connectivity index (χ1) is 19.8. The molecule has 0 aliphatic carbocycles. The summed E-state index contributed by atoms with van der Waals surface area (Å²) >= 11 is 1.75. The van der Waals surface area contributed by atoms with Gasteiger partial charge in [0.05, 0.1) is 0 Å². The molecule has 0 spiro atoms. The second-order valence-electron chi connectivity index (χ2n) is 10.5. The van der Waals surface area contributed by atoms with Crippen LogP contribution in [0.15, 0.2) is 137 Å². The van der Waals surface area contributed by atoms with Crippen molar-refractivity contribution >= 4 is 75.7 Å². The molecule has 0 unspecified atom stereocenters. The van der Waals surface area contributed by atoms with Crippen LogP contribution in [0.1, 0.15) is 0 Å². The van der Waals surface area contributed by atoms with Gasteiger partial charge in [-0.2, -0.15) is 0 Å². The molecule has 9 rings (SSSR count). The first kappa shape index (κ1) is 22.0. The van der Waals surface area contributed by atoms with Crippen molar-refractivity contribution in [3.8, 4) is 22.3 Å². The molecule has 0 radical (unpaired) electrons. The molecule has 0 saturated carbocycles. The predicted molar refractivity (Wildman–Crippen MR) is 172 cm³/mol. The largest absolute Gasteiger partial charge is 0.456 e. The van der Waals surface area contributed by atoms with Crippen LogP contribution in [0.4, 0.5) is 0 Å². The molecule has 0 saturated heterocycles. The van der Waals surface area contributed by atoms with Gasteiger partial charge in [-0.15, -0.1) is 11.3 Å². The fourth-order valence-electron chi connectivity index (χ4n) is 6.48. The van der Waals surface area contributed by atoms with E-state index in [9.17, 15) is 0 Å². The summed E-state index contributed by atoms with van der Waals surface area (Å²) in [6, 6.07) is 46.4. The van der Waals surface area contributed by atoms with Crippen LogP contribution in [-0.4, -0.2) is 0 Å². The van der Waals surface area contributed by atoms with Crippen LogP contribution in [0.25, 0.3) is 86.6 Å². The third-order valence-electron chi connectivity index (χ3n) is 8.30. The Labute approximate surface area is 234 Å². The number of furan rings is 1. The minimum atomic E-state index is 0.928. The predicted octanol–water partition coefficient (Wildman–Crippen LogP) is 11.6. The molecule has 0 fully saturated rings. The van der Waals surface area contributed by atoms with Gasteiger partial charge in [0.15, 0.2) is 0 Å². The molecule has 2 aromatic heterocycles. The van der Waals surface area contributed by atoms with Gasteiger partial charge < -0.3 is 4.42 Å². The number of rotatable bonds is 2. The SMILES string of the molecule is c1ccc2cc(-c3c4ccccc4c(-c4ccc5c(c4)oc4cc6sccc6cc45)c4ccccc34)ccc2c1. The zero-order chi connectivity index (χ0) is 26.2. The van der Waals surface area contributed by atoms with Crippen molar-refractivity contribution in [2.45, 2.75) is 0 Å². The molecule has 186 valence electrons. The zero-order valence-corrected chi connectivity index (χ0v) is 22.3. The maximum absolute atomic E-state index is 6.46. The second-order valence-corrected chi connectivity index (χ2v) is 11.5. The standard InChI is InChI=1S/C38H22OS/c1-2-8-24-19-26(14-13-23(24)7-1)37-29-9-3-5-11-31(29)38(32-12-6-4-10-30(32)37)27-15-16-28-33-20-25-17-18-40-36(25)22-35(33)39-34(28)21-27/h1-22H. The Kier molecular flexibility index (Phi) is 4.55. The van der Waals surface area contributed by atoms with Crippen LogP contribution >= 0.6 is 11.3 Å². The molecule has 1 nitrogen and oxygen atoms in total. The van der Waals surface area contributed by atoms with Crippen molar-refractivity contribution in [3.05, 3.63) is 133 Å². The van der Waals surface area contributed by atoms with Crippen LogP contribution in [0.3, 0.4) is 0 Å². The Bertz CT molecular complexity index is 2380. The maximum Gasteiger partial charge on any atom is 0.136 e. The van der Waals surface area contributed by atoms with Gasteiger partial charge in [0, 0.05) is 15.5 Å². The Morgan fingerprint density at radius 3 is 1.73 bits per heavy atom. The van der Waals surface area contributed by atoms with E-state index < -0.39 is 0 Å². The monoisotopic (exact) mass is 526 g/mol. The number of hydrogen-bond acceptors (Lipinski definition) is 2. The summed E-state index contributed by atoms with van der Waals surface area (Å²) in [6.45, 7) is 0. The van der Waals surface area contributed by atoms with Crippen molar-refractivity contribution in [1.29, 1.82) is 0 Å². The van der Waals surface area contributed by atoms with E-state index in [1.54, 1.807) is 11.3 Å². The molecule has 2 heteroatoms. The Balaban J connectivity index is 1.35. The van der Waals surface area contributed by atoms with E-state index in [-0.39, 0.29) is 0 Å². The minimum Gasteiger partial charge on any atom is -0.456 e. The van der Waals surface area contributed by atoms with E-state index in [1.165, 1.54) is 70.0 Å². The fraction of sp³-hybridized carbons (Fsp3) is 0. The summed E-state index contributed by atoms with van der Waals surface area (Å²) < 4.78 is 7.71.